The zero-order chi connectivity index (χ0) is 17.8. The van der Waals surface area contributed by atoms with E-state index in [1.54, 1.807) is 0 Å². The van der Waals surface area contributed by atoms with Gasteiger partial charge in [0.25, 0.3) is 5.91 Å². The average molecular weight is 350 g/mol. The molecule has 0 unspecified atom stereocenters. The molecule has 1 N–H and O–H groups in total. The Morgan fingerprint density at radius 2 is 2.16 bits per heavy atom. The van der Waals surface area contributed by atoms with Gasteiger partial charge in [0, 0.05) is 36.4 Å². The highest BCUT2D eigenvalue weighted by molar-refractivity contribution is 6.04. The van der Waals surface area contributed by atoms with E-state index in [1.165, 1.54) is 25.4 Å². The molecule has 0 radical (unpaired) electrons. The molecular weight excluding hydrogens is 334 g/mol. The number of carbonyl (C=O) groups is 1. The number of aromatic nitrogens is 1. The number of halogens is 2. The zero-order valence-electron chi connectivity index (χ0n) is 13.4. The molecule has 132 valence electrons. The summed E-state index contributed by atoms with van der Waals surface area (Å²) >= 11 is 0. The van der Waals surface area contributed by atoms with Gasteiger partial charge in [0.15, 0.2) is 17.4 Å². The lowest BCUT2D eigenvalue weighted by Gasteiger charge is -2.12. The molecule has 1 aliphatic heterocycles. The van der Waals surface area contributed by atoms with E-state index in [-0.39, 0.29) is 29.0 Å². The fraction of sp³-hybridized carbons (Fsp3) is 0.294. The normalized spacial score (nSPS) is 16.5. The number of carbonyl (C=O) groups excluding carboxylic acids is 1. The van der Waals surface area contributed by atoms with Gasteiger partial charge in [0.2, 0.25) is 5.88 Å². The fourth-order valence-corrected chi connectivity index (χ4v) is 2.37. The number of pyridine rings is 1. The summed E-state index contributed by atoms with van der Waals surface area (Å²) in [4.78, 5) is 16.3. The van der Waals surface area contributed by atoms with Gasteiger partial charge in [-0.3, -0.25) is 4.79 Å². The number of ether oxygens (including phenoxy) is 3. The van der Waals surface area contributed by atoms with Crippen molar-refractivity contribution in [2.75, 3.05) is 25.6 Å². The second kappa shape index (κ2) is 7.43. The van der Waals surface area contributed by atoms with E-state index in [9.17, 15) is 13.6 Å². The van der Waals surface area contributed by atoms with Gasteiger partial charge in [0.05, 0.1) is 26.0 Å². The van der Waals surface area contributed by atoms with Crippen molar-refractivity contribution in [3.8, 4) is 11.6 Å². The maximum atomic E-state index is 13.9. The van der Waals surface area contributed by atoms with Crippen LogP contribution in [0, 0.1) is 11.6 Å². The Hall–Kier alpha value is -2.74. The summed E-state index contributed by atoms with van der Waals surface area (Å²) < 4.78 is 43.1. The number of hydrogen-bond acceptors (Lipinski definition) is 5. The van der Waals surface area contributed by atoms with Crippen LogP contribution in [0.2, 0.25) is 0 Å². The lowest BCUT2D eigenvalue weighted by molar-refractivity contribution is 0.102. The molecule has 0 saturated carbocycles. The van der Waals surface area contributed by atoms with Crippen LogP contribution < -0.4 is 14.8 Å². The maximum absolute atomic E-state index is 13.9. The highest BCUT2D eigenvalue weighted by Gasteiger charge is 2.19. The quantitative estimate of drug-likeness (QED) is 0.898. The molecule has 1 aromatic carbocycles. The molecule has 1 saturated heterocycles. The first kappa shape index (κ1) is 17.1. The second-order valence-corrected chi connectivity index (χ2v) is 5.41. The van der Waals surface area contributed by atoms with Crippen molar-refractivity contribution < 1.29 is 27.8 Å². The number of amides is 1. The minimum atomic E-state index is -0.805. The lowest BCUT2D eigenvalue weighted by Crippen LogP contribution is -2.18. The van der Waals surface area contributed by atoms with Gasteiger partial charge in [-0.25, -0.2) is 13.8 Å². The van der Waals surface area contributed by atoms with E-state index < -0.39 is 17.5 Å². The van der Waals surface area contributed by atoms with E-state index >= 15 is 0 Å². The first-order valence-electron chi connectivity index (χ1n) is 7.61. The van der Waals surface area contributed by atoms with Gasteiger partial charge < -0.3 is 19.5 Å². The van der Waals surface area contributed by atoms with Crippen LogP contribution in [-0.2, 0) is 4.74 Å². The van der Waals surface area contributed by atoms with Crippen molar-refractivity contribution in [2.24, 2.45) is 0 Å². The summed E-state index contributed by atoms with van der Waals surface area (Å²) in [6, 6.07) is 4.61. The summed E-state index contributed by atoms with van der Waals surface area (Å²) in [5, 5.41) is 2.32. The summed E-state index contributed by atoms with van der Waals surface area (Å²) in [6.07, 6.45) is 2.04. The molecule has 1 aromatic heterocycles. The third-order valence-corrected chi connectivity index (χ3v) is 3.66. The number of anilines is 1. The zero-order valence-corrected chi connectivity index (χ0v) is 13.4. The van der Waals surface area contributed by atoms with Crippen LogP contribution in [0.4, 0.5) is 14.5 Å². The van der Waals surface area contributed by atoms with Gasteiger partial charge in [-0.05, 0) is 6.07 Å². The Labute approximate surface area is 142 Å². The highest BCUT2D eigenvalue weighted by Crippen LogP contribution is 2.25. The van der Waals surface area contributed by atoms with E-state index in [0.717, 1.165) is 18.6 Å². The number of hydrogen-bond donors (Lipinski definition) is 1. The summed E-state index contributed by atoms with van der Waals surface area (Å²) in [7, 11) is 1.23. The van der Waals surface area contributed by atoms with E-state index in [1.807, 2.05) is 0 Å². The predicted octanol–water partition coefficient (Wildman–Crippen LogP) is 2.79. The van der Waals surface area contributed by atoms with Crippen LogP contribution in [0.25, 0.3) is 0 Å². The molecule has 2 heterocycles. The van der Waals surface area contributed by atoms with Crippen LogP contribution in [0.3, 0.4) is 0 Å². The molecule has 8 heteroatoms. The molecule has 2 aromatic rings. The molecule has 6 nitrogen and oxygen atoms in total. The van der Waals surface area contributed by atoms with Crippen LogP contribution in [0.1, 0.15) is 16.8 Å². The molecule has 1 atom stereocenters. The van der Waals surface area contributed by atoms with Gasteiger partial charge >= 0.3 is 0 Å². The van der Waals surface area contributed by atoms with Crippen molar-refractivity contribution in [1.29, 1.82) is 0 Å². The molecule has 1 aliphatic rings. The number of benzene rings is 1. The third-order valence-electron chi connectivity index (χ3n) is 3.66. The minimum Gasteiger partial charge on any atom is -0.494 e. The molecule has 1 amide bonds. The lowest BCUT2D eigenvalue weighted by atomic mass is 10.2. The Morgan fingerprint density at radius 3 is 2.88 bits per heavy atom. The largest absolute Gasteiger partial charge is 0.494 e. The fourth-order valence-electron chi connectivity index (χ4n) is 2.37. The molecule has 0 spiro atoms. The number of nitrogens with one attached hydrogen (secondary N) is 1. The van der Waals surface area contributed by atoms with Crippen molar-refractivity contribution in [3.05, 3.63) is 47.7 Å². The van der Waals surface area contributed by atoms with Gasteiger partial charge in [-0.2, -0.15) is 0 Å². The first-order valence-corrected chi connectivity index (χ1v) is 7.61. The first-order chi connectivity index (χ1) is 12.1. The number of nitrogens with zero attached hydrogens (tertiary/aromatic N) is 1. The standard InChI is InChI=1S/C17H16F2N2O4/c1-23-15-8-12(18)14(7-13(15)19)21-17(22)10-2-4-20-16(6-10)25-11-3-5-24-9-11/h2,4,6-8,11H,3,5,9H2,1H3,(H,21,22)/t11-/m0/s1. The highest BCUT2D eigenvalue weighted by atomic mass is 19.1. The van der Waals surface area contributed by atoms with Crippen molar-refractivity contribution in [3.63, 3.8) is 0 Å². The second-order valence-electron chi connectivity index (χ2n) is 5.41. The third kappa shape index (κ3) is 4.03. The van der Waals surface area contributed by atoms with Crippen LogP contribution in [0.15, 0.2) is 30.5 Å². The van der Waals surface area contributed by atoms with Crippen LogP contribution in [-0.4, -0.2) is 37.3 Å². The van der Waals surface area contributed by atoms with Crippen LogP contribution in [0.5, 0.6) is 11.6 Å². The van der Waals surface area contributed by atoms with Crippen molar-refractivity contribution in [2.45, 2.75) is 12.5 Å². The summed E-state index contributed by atoms with van der Waals surface area (Å²) in [5.74, 6) is -2.17. The monoisotopic (exact) mass is 350 g/mol. The average Bonchev–Trinajstić information content (AvgIpc) is 3.11. The topological polar surface area (TPSA) is 69.7 Å². The van der Waals surface area contributed by atoms with Crippen molar-refractivity contribution >= 4 is 11.6 Å². The maximum Gasteiger partial charge on any atom is 0.255 e. The van der Waals surface area contributed by atoms with Gasteiger partial charge in [-0.15, -0.1) is 0 Å². The molecule has 25 heavy (non-hydrogen) atoms. The molecule has 0 bridgehead atoms. The van der Waals surface area contributed by atoms with Gasteiger partial charge in [0.1, 0.15) is 6.10 Å². The molecule has 1 fully saturated rings. The number of methoxy groups -OCH3 is 1. The van der Waals surface area contributed by atoms with Crippen LogP contribution >= 0.6 is 0 Å². The summed E-state index contributed by atoms with van der Waals surface area (Å²) in [5.41, 5.74) is -0.0775. The number of rotatable bonds is 5. The minimum absolute atomic E-state index is 0.112. The Balaban J connectivity index is 1.74. The summed E-state index contributed by atoms with van der Waals surface area (Å²) in [6.45, 7) is 1.08. The SMILES string of the molecule is COc1cc(F)c(NC(=O)c2ccnc(O[C@H]3CCOC3)c2)cc1F. The smallest absolute Gasteiger partial charge is 0.255 e. The molecular formula is C17H16F2N2O4. The molecule has 0 aliphatic carbocycles. The van der Waals surface area contributed by atoms with E-state index in [4.69, 9.17) is 9.47 Å². The Bertz CT molecular complexity index is 779. The van der Waals surface area contributed by atoms with Gasteiger partial charge in [-0.1, -0.05) is 0 Å². The Kier molecular flexibility index (Phi) is 5.08. The van der Waals surface area contributed by atoms with Crippen molar-refractivity contribution in [1.82, 2.24) is 4.98 Å². The van der Waals surface area contributed by atoms with E-state index in [2.05, 4.69) is 15.0 Å². The molecule has 3 rings (SSSR count). The van der Waals surface area contributed by atoms with E-state index in [0.29, 0.717) is 13.2 Å². The predicted molar refractivity (Wildman–Crippen MR) is 85.0 cm³/mol. The Morgan fingerprint density at radius 1 is 1.32 bits per heavy atom.